The maximum Gasteiger partial charge on any atom is 0.106 e. The Hall–Kier alpha value is -0.540. The van der Waals surface area contributed by atoms with Crippen molar-refractivity contribution in [3.8, 4) is 0 Å². The van der Waals surface area contributed by atoms with Crippen LogP contribution in [0.1, 0.15) is 91.9 Å². The molecule has 5 rings (SSSR count). The maximum absolute atomic E-state index is 10.3. The normalized spacial score (nSPS) is 50.9. The highest BCUT2D eigenvalue weighted by Crippen LogP contribution is 2.69. The van der Waals surface area contributed by atoms with Crippen molar-refractivity contribution in [3.05, 3.63) is 11.3 Å². The molecular weight excluding hydrogens is 372 g/mol. The molecule has 4 saturated carbocycles. The van der Waals surface area contributed by atoms with Crippen LogP contribution in [0.25, 0.3) is 0 Å². The Kier molecular flexibility index (Phi) is 5.33. The first kappa shape index (κ1) is 21.3. The Morgan fingerprint density at radius 1 is 1.03 bits per heavy atom. The maximum atomic E-state index is 10.3. The van der Waals surface area contributed by atoms with Gasteiger partial charge in [-0.2, -0.15) is 0 Å². The molecule has 1 aliphatic heterocycles. The summed E-state index contributed by atoms with van der Waals surface area (Å²) >= 11 is 0. The Bertz CT molecular complexity index is 700. The van der Waals surface area contributed by atoms with Crippen molar-refractivity contribution in [3.63, 3.8) is 0 Å². The molecule has 0 aromatic rings. The van der Waals surface area contributed by atoms with E-state index in [-0.39, 0.29) is 12.7 Å². The third kappa shape index (κ3) is 3.04. The number of hydrogen-bond acceptors (Lipinski definition) is 3. The Balaban J connectivity index is 1.36. The van der Waals surface area contributed by atoms with Crippen LogP contribution in [-0.4, -0.2) is 29.0 Å². The smallest absolute Gasteiger partial charge is 0.106 e. The fraction of sp³-hybridized carbons (Fsp3) is 0.926. The zero-order valence-corrected chi connectivity index (χ0v) is 19.7. The average Bonchev–Trinajstić information content (AvgIpc) is 3.20. The zero-order chi connectivity index (χ0) is 21.3. The minimum absolute atomic E-state index is 0.0486. The summed E-state index contributed by atoms with van der Waals surface area (Å²) in [6.07, 6.45) is 12.4. The van der Waals surface area contributed by atoms with Crippen molar-refractivity contribution in [2.24, 2.45) is 46.3 Å². The van der Waals surface area contributed by atoms with Crippen LogP contribution in [0.5, 0.6) is 0 Å². The van der Waals surface area contributed by atoms with Gasteiger partial charge < -0.3 is 14.9 Å². The third-order valence-electron chi connectivity index (χ3n) is 11.0. The van der Waals surface area contributed by atoms with Gasteiger partial charge in [0.1, 0.15) is 6.10 Å². The van der Waals surface area contributed by atoms with Gasteiger partial charge in [-0.25, -0.2) is 0 Å². The van der Waals surface area contributed by atoms with E-state index in [1.165, 1.54) is 49.9 Å². The second-order valence-electron chi connectivity index (χ2n) is 12.4. The van der Waals surface area contributed by atoms with E-state index in [9.17, 15) is 10.2 Å². The average molecular weight is 417 g/mol. The minimum Gasteiger partial charge on any atom is -0.494 e. The van der Waals surface area contributed by atoms with E-state index in [1.54, 1.807) is 0 Å². The molecule has 0 bridgehead atoms. The van der Waals surface area contributed by atoms with Crippen molar-refractivity contribution in [1.29, 1.82) is 0 Å². The summed E-state index contributed by atoms with van der Waals surface area (Å²) in [6, 6.07) is 0. The second-order valence-corrected chi connectivity index (χ2v) is 12.4. The highest BCUT2D eigenvalue weighted by Gasteiger charge is 2.64. The Morgan fingerprint density at radius 3 is 2.57 bits per heavy atom. The van der Waals surface area contributed by atoms with Crippen molar-refractivity contribution >= 4 is 0 Å². The molecule has 0 amide bonds. The number of allylic oxidation sites excluding steroid dienone is 1. The Labute approximate surface area is 183 Å². The van der Waals surface area contributed by atoms with Crippen LogP contribution < -0.4 is 0 Å². The number of ether oxygens (including phenoxy) is 1. The minimum atomic E-state index is -0.0486. The predicted octanol–water partition coefficient (Wildman–Crippen LogP) is 5.70. The van der Waals surface area contributed by atoms with Crippen LogP contribution in [-0.2, 0) is 4.74 Å². The zero-order valence-electron chi connectivity index (χ0n) is 19.7. The van der Waals surface area contributed by atoms with Crippen LogP contribution in [0, 0.1) is 46.3 Å². The number of aliphatic hydroxyl groups is 2. The highest BCUT2D eigenvalue weighted by molar-refractivity contribution is 5.26. The summed E-state index contributed by atoms with van der Waals surface area (Å²) in [5.74, 6) is 5.49. The van der Waals surface area contributed by atoms with Gasteiger partial charge in [-0.3, -0.25) is 0 Å². The molecule has 0 aromatic heterocycles. The molecule has 170 valence electrons. The number of rotatable bonds is 4. The van der Waals surface area contributed by atoms with Gasteiger partial charge in [0, 0.05) is 18.9 Å². The molecule has 2 N–H and O–H groups in total. The molecule has 0 saturated heterocycles. The molecule has 0 radical (unpaired) electrons. The van der Waals surface area contributed by atoms with Crippen molar-refractivity contribution < 1.29 is 14.9 Å². The molecular formula is C27H44O3. The van der Waals surface area contributed by atoms with E-state index in [1.807, 2.05) is 0 Å². The first-order valence-electron chi connectivity index (χ1n) is 12.9. The summed E-state index contributed by atoms with van der Waals surface area (Å²) < 4.78 is 6.64. The van der Waals surface area contributed by atoms with Gasteiger partial charge in [-0.05, 0) is 111 Å². The fourth-order valence-electron chi connectivity index (χ4n) is 9.29. The van der Waals surface area contributed by atoms with Gasteiger partial charge in [0.25, 0.3) is 0 Å². The van der Waals surface area contributed by atoms with E-state index in [0.717, 1.165) is 49.4 Å². The second kappa shape index (κ2) is 7.51. The van der Waals surface area contributed by atoms with Gasteiger partial charge in [0.15, 0.2) is 0 Å². The van der Waals surface area contributed by atoms with Gasteiger partial charge in [0.2, 0.25) is 0 Å². The highest BCUT2D eigenvalue weighted by atomic mass is 16.5. The summed E-state index contributed by atoms with van der Waals surface area (Å²) in [6.45, 7) is 9.94. The molecule has 4 aliphatic carbocycles. The van der Waals surface area contributed by atoms with Crippen LogP contribution in [0.15, 0.2) is 11.3 Å². The molecule has 5 aliphatic rings. The van der Waals surface area contributed by atoms with E-state index < -0.39 is 0 Å². The van der Waals surface area contributed by atoms with Crippen LogP contribution in [0.2, 0.25) is 0 Å². The SMILES string of the molecule is CC1=C(CC[C@@H](C)CO)O[C@@H]2C[C@H]3[C@H]4CC[C@H]5C[C@@H](O)CC[C@]5(C)[C@@H]4CC[C@@]3(C)[C@@H]12. The summed E-state index contributed by atoms with van der Waals surface area (Å²) in [7, 11) is 0. The fourth-order valence-corrected chi connectivity index (χ4v) is 9.29. The van der Waals surface area contributed by atoms with Gasteiger partial charge in [-0.1, -0.05) is 20.8 Å². The monoisotopic (exact) mass is 416 g/mol. The number of fused-ring (bicyclic) bond motifs is 7. The van der Waals surface area contributed by atoms with Gasteiger partial charge in [-0.15, -0.1) is 0 Å². The van der Waals surface area contributed by atoms with Crippen molar-refractivity contribution in [2.75, 3.05) is 6.61 Å². The van der Waals surface area contributed by atoms with Crippen LogP contribution in [0.3, 0.4) is 0 Å². The summed E-state index contributed by atoms with van der Waals surface area (Å²) in [5.41, 5.74) is 2.39. The van der Waals surface area contributed by atoms with Crippen LogP contribution in [0.4, 0.5) is 0 Å². The van der Waals surface area contributed by atoms with Gasteiger partial charge in [0.05, 0.1) is 11.9 Å². The lowest BCUT2D eigenvalue weighted by Gasteiger charge is -2.60. The Morgan fingerprint density at radius 2 is 1.80 bits per heavy atom. The molecule has 30 heavy (non-hydrogen) atoms. The topological polar surface area (TPSA) is 49.7 Å². The van der Waals surface area contributed by atoms with E-state index in [0.29, 0.717) is 28.8 Å². The van der Waals surface area contributed by atoms with Gasteiger partial charge >= 0.3 is 0 Å². The molecule has 0 spiro atoms. The van der Waals surface area contributed by atoms with E-state index in [4.69, 9.17) is 4.74 Å². The third-order valence-corrected chi connectivity index (χ3v) is 11.0. The summed E-state index contributed by atoms with van der Waals surface area (Å²) in [4.78, 5) is 0. The van der Waals surface area contributed by atoms with E-state index in [2.05, 4.69) is 27.7 Å². The lowest BCUT2D eigenvalue weighted by atomic mass is 9.44. The first-order valence-corrected chi connectivity index (χ1v) is 12.9. The largest absolute Gasteiger partial charge is 0.494 e. The van der Waals surface area contributed by atoms with Crippen molar-refractivity contribution in [1.82, 2.24) is 0 Å². The lowest BCUT2D eigenvalue weighted by Crippen LogP contribution is -2.54. The standard InChI is InChI=1S/C27H44O3/c1-16(15-28)5-8-23-17(2)25-24(30-23)14-22-20-7-6-18-13-19(29)9-11-26(18,3)21(20)10-12-27(22,25)4/h16,18-22,24-25,28-29H,5-15H2,1-4H3/t16-,18+,19+,20+,21-,22+,24-,25+,26+,27-/m1/s1. The predicted molar refractivity (Wildman–Crippen MR) is 120 cm³/mol. The molecule has 1 heterocycles. The molecule has 3 nitrogen and oxygen atoms in total. The molecule has 3 heteroatoms. The quantitative estimate of drug-likeness (QED) is 0.618. The van der Waals surface area contributed by atoms with Crippen molar-refractivity contribution in [2.45, 2.75) is 104 Å². The molecule has 10 atom stereocenters. The van der Waals surface area contributed by atoms with E-state index >= 15 is 0 Å². The van der Waals surface area contributed by atoms with Crippen LogP contribution >= 0.6 is 0 Å². The number of hydrogen-bond donors (Lipinski definition) is 2. The molecule has 4 fully saturated rings. The molecule has 0 aromatic carbocycles. The summed E-state index contributed by atoms with van der Waals surface area (Å²) in [5, 5.41) is 19.7. The lowest BCUT2D eigenvalue weighted by molar-refractivity contribution is -0.124. The molecule has 0 unspecified atom stereocenters. The number of aliphatic hydroxyl groups excluding tert-OH is 2. The first-order chi connectivity index (χ1) is 14.3.